The Morgan fingerprint density at radius 1 is 1.32 bits per heavy atom. The largest absolute Gasteiger partial charge is 0.480 e. The number of amides is 2. The first-order valence-electron chi connectivity index (χ1n) is 7.51. The van der Waals surface area contributed by atoms with Crippen LogP contribution in [0.2, 0.25) is 0 Å². The summed E-state index contributed by atoms with van der Waals surface area (Å²) in [4.78, 5) is 38.2. The SMILES string of the molecule is CC1(C)S[C@@H]2[C@H](NC(=O)CSc3ccccc3)C(=O)N2[C@H]1C(=O)O.[K]. The first-order valence-corrected chi connectivity index (χ1v) is 9.38. The van der Waals surface area contributed by atoms with Crippen LogP contribution in [0.15, 0.2) is 35.2 Å². The fourth-order valence-electron chi connectivity index (χ4n) is 3.03. The van der Waals surface area contributed by atoms with E-state index in [1.807, 2.05) is 44.2 Å². The molecule has 25 heavy (non-hydrogen) atoms. The van der Waals surface area contributed by atoms with Gasteiger partial charge in [-0.05, 0) is 26.0 Å². The minimum Gasteiger partial charge on any atom is -0.480 e. The molecule has 1 aromatic carbocycles. The number of nitrogens with zero attached hydrogens (tertiary/aromatic N) is 1. The Morgan fingerprint density at radius 3 is 2.56 bits per heavy atom. The van der Waals surface area contributed by atoms with E-state index in [0.717, 1.165) is 4.90 Å². The van der Waals surface area contributed by atoms with Gasteiger partial charge in [0.05, 0.1) is 5.75 Å². The van der Waals surface area contributed by atoms with Gasteiger partial charge in [0.2, 0.25) is 11.8 Å². The maximum atomic E-state index is 12.3. The van der Waals surface area contributed by atoms with Gasteiger partial charge in [0.25, 0.3) is 0 Å². The Hall–Kier alpha value is -0.0336. The zero-order valence-electron chi connectivity index (χ0n) is 14.3. The normalized spacial score (nSPS) is 26.2. The van der Waals surface area contributed by atoms with E-state index in [1.165, 1.54) is 28.4 Å². The fourth-order valence-corrected chi connectivity index (χ4v) is 5.38. The number of rotatable bonds is 5. The molecule has 0 aliphatic carbocycles. The molecule has 3 atom stereocenters. The topological polar surface area (TPSA) is 86.7 Å². The second-order valence-corrected chi connectivity index (χ2v) is 9.06. The predicted molar refractivity (Wildman–Crippen MR) is 98.6 cm³/mol. The maximum Gasteiger partial charge on any atom is 0.327 e. The molecule has 2 aliphatic heterocycles. The van der Waals surface area contributed by atoms with Gasteiger partial charge in [-0.25, -0.2) is 4.79 Å². The van der Waals surface area contributed by atoms with Crippen molar-refractivity contribution in [3.63, 3.8) is 0 Å². The van der Waals surface area contributed by atoms with Crippen molar-refractivity contribution in [1.82, 2.24) is 10.2 Å². The molecule has 1 aromatic rings. The van der Waals surface area contributed by atoms with Crippen LogP contribution in [0.25, 0.3) is 0 Å². The number of carboxylic acid groups (broad SMARTS) is 1. The van der Waals surface area contributed by atoms with Gasteiger partial charge in [-0.1, -0.05) is 18.2 Å². The number of aliphatic carboxylic acids is 1. The first-order chi connectivity index (χ1) is 11.3. The summed E-state index contributed by atoms with van der Waals surface area (Å²) < 4.78 is -0.579. The van der Waals surface area contributed by atoms with E-state index in [4.69, 9.17) is 0 Å². The number of thioether (sulfide) groups is 2. The molecule has 2 heterocycles. The molecule has 0 bridgehead atoms. The minimum atomic E-state index is -1.01. The summed E-state index contributed by atoms with van der Waals surface area (Å²) in [5.74, 6) is -1.33. The molecule has 0 unspecified atom stereocenters. The van der Waals surface area contributed by atoms with Gasteiger partial charge in [-0.3, -0.25) is 9.59 Å². The van der Waals surface area contributed by atoms with E-state index in [2.05, 4.69) is 5.32 Å². The molecule has 2 aliphatic rings. The number of carbonyl (C=O) groups is 3. The van der Waals surface area contributed by atoms with Crippen molar-refractivity contribution >= 4 is 92.7 Å². The number of hydrogen-bond donors (Lipinski definition) is 2. The van der Waals surface area contributed by atoms with Crippen molar-refractivity contribution in [2.75, 3.05) is 5.75 Å². The number of nitrogens with one attached hydrogen (secondary N) is 1. The standard InChI is InChI=1S/C16H18N2O4S2.K/c1-16(2)12(15(21)22)18-13(20)11(14(18)24-16)17-10(19)8-23-9-6-4-3-5-7-9;/h3-7,11-12,14H,8H2,1-2H3,(H,17,19)(H,21,22);/t11-,12+,14-;/m1./s1. The van der Waals surface area contributed by atoms with Crippen LogP contribution in [0.4, 0.5) is 0 Å². The molecule has 2 saturated heterocycles. The number of fused-ring (bicyclic) bond motifs is 1. The third-order valence-electron chi connectivity index (χ3n) is 4.10. The van der Waals surface area contributed by atoms with Crippen LogP contribution in [-0.4, -0.2) is 107 Å². The predicted octanol–water partition coefficient (Wildman–Crippen LogP) is 1.03. The molecule has 9 heteroatoms. The van der Waals surface area contributed by atoms with Crippen LogP contribution >= 0.6 is 23.5 Å². The molecular weight excluding hydrogens is 387 g/mol. The van der Waals surface area contributed by atoms with E-state index in [1.54, 1.807) is 0 Å². The van der Waals surface area contributed by atoms with Gasteiger partial charge in [0.15, 0.2) is 0 Å². The van der Waals surface area contributed by atoms with Crippen molar-refractivity contribution in [2.24, 2.45) is 0 Å². The van der Waals surface area contributed by atoms with E-state index in [0.29, 0.717) is 0 Å². The number of hydrogen-bond acceptors (Lipinski definition) is 5. The molecule has 6 nitrogen and oxygen atoms in total. The zero-order valence-corrected chi connectivity index (χ0v) is 19.0. The number of benzene rings is 1. The maximum absolute atomic E-state index is 12.3. The van der Waals surface area contributed by atoms with Crippen LogP contribution in [0, 0.1) is 0 Å². The smallest absolute Gasteiger partial charge is 0.327 e. The van der Waals surface area contributed by atoms with Crippen LogP contribution in [0.1, 0.15) is 13.8 Å². The van der Waals surface area contributed by atoms with Crippen molar-refractivity contribution in [2.45, 2.75) is 40.9 Å². The fraction of sp³-hybridized carbons (Fsp3) is 0.438. The van der Waals surface area contributed by atoms with Gasteiger partial charge < -0.3 is 15.3 Å². The van der Waals surface area contributed by atoms with Gasteiger partial charge in [0, 0.05) is 61.0 Å². The van der Waals surface area contributed by atoms with Crippen molar-refractivity contribution in [3.8, 4) is 0 Å². The van der Waals surface area contributed by atoms with E-state index in [-0.39, 0.29) is 74.3 Å². The Labute approximate surface area is 197 Å². The number of β-lactam (4-membered cyclic amide) rings is 1. The Morgan fingerprint density at radius 2 is 1.96 bits per heavy atom. The second kappa shape index (κ2) is 8.33. The molecule has 2 fully saturated rings. The Balaban J connectivity index is 0.00000225. The van der Waals surface area contributed by atoms with Crippen molar-refractivity contribution in [3.05, 3.63) is 30.3 Å². The molecule has 0 saturated carbocycles. The monoisotopic (exact) mass is 405 g/mol. The number of carbonyl (C=O) groups excluding carboxylic acids is 2. The molecule has 129 valence electrons. The molecule has 0 spiro atoms. The molecular formula is C16H18KN2O4S2. The van der Waals surface area contributed by atoms with Crippen molar-refractivity contribution < 1.29 is 19.5 Å². The van der Waals surface area contributed by atoms with Crippen molar-refractivity contribution in [1.29, 1.82) is 0 Å². The number of carboxylic acids is 1. The summed E-state index contributed by atoms with van der Waals surface area (Å²) in [5.41, 5.74) is 0. The first kappa shape index (κ1) is 21.3. The van der Waals surface area contributed by atoms with Gasteiger partial charge >= 0.3 is 5.97 Å². The van der Waals surface area contributed by atoms with E-state index < -0.39 is 22.8 Å². The Kier molecular flexibility index (Phi) is 7.08. The van der Waals surface area contributed by atoms with Crippen LogP contribution in [0.5, 0.6) is 0 Å². The quantitative estimate of drug-likeness (QED) is 0.432. The van der Waals surface area contributed by atoms with Gasteiger partial charge in [0.1, 0.15) is 17.5 Å². The molecule has 3 rings (SSSR count). The Bertz CT molecular complexity index is 686. The van der Waals surface area contributed by atoms with Gasteiger partial charge in [-0.15, -0.1) is 23.5 Å². The summed E-state index contributed by atoms with van der Waals surface area (Å²) in [6.07, 6.45) is 0. The van der Waals surface area contributed by atoms with E-state index in [9.17, 15) is 19.5 Å². The zero-order chi connectivity index (χ0) is 17.5. The average Bonchev–Trinajstić information content (AvgIpc) is 2.80. The van der Waals surface area contributed by atoms with E-state index >= 15 is 0 Å². The summed E-state index contributed by atoms with van der Waals surface area (Å²) in [5, 5.41) is 11.8. The summed E-state index contributed by atoms with van der Waals surface area (Å²) in [6, 6.07) is 8.05. The third-order valence-corrected chi connectivity index (χ3v) is 6.69. The van der Waals surface area contributed by atoms with Crippen LogP contribution in [-0.2, 0) is 14.4 Å². The van der Waals surface area contributed by atoms with Gasteiger partial charge in [-0.2, -0.15) is 0 Å². The summed E-state index contributed by atoms with van der Waals surface area (Å²) in [6.45, 7) is 3.62. The third kappa shape index (κ3) is 4.28. The molecule has 2 N–H and O–H groups in total. The molecule has 2 amide bonds. The summed E-state index contributed by atoms with van der Waals surface area (Å²) in [7, 11) is 0. The molecule has 0 aromatic heterocycles. The second-order valence-electron chi connectivity index (χ2n) is 6.25. The van der Waals surface area contributed by atoms with Crippen LogP contribution in [0.3, 0.4) is 0 Å². The average molecular weight is 406 g/mol. The summed E-state index contributed by atoms with van der Waals surface area (Å²) >= 11 is 2.82. The molecule has 1 radical (unpaired) electrons. The minimum absolute atomic E-state index is 0. The van der Waals surface area contributed by atoms with Crippen LogP contribution < -0.4 is 5.32 Å².